The van der Waals surface area contributed by atoms with E-state index in [9.17, 15) is 9.59 Å². The third-order valence-electron chi connectivity index (χ3n) is 4.92. The fourth-order valence-corrected chi connectivity index (χ4v) is 4.03. The second kappa shape index (κ2) is 10.3. The normalized spacial score (nSPS) is 11.7. The lowest BCUT2D eigenvalue weighted by atomic mass is 10.0. The van der Waals surface area contributed by atoms with Gasteiger partial charge in [-0.15, -0.1) is 11.3 Å². The summed E-state index contributed by atoms with van der Waals surface area (Å²) in [4.78, 5) is 31.5. The second-order valence-electron chi connectivity index (χ2n) is 7.58. The highest BCUT2D eigenvalue weighted by atomic mass is 32.1. The number of rotatable bonds is 8. The van der Waals surface area contributed by atoms with Crippen LogP contribution in [0.1, 0.15) is 29.1 Å². The third kappa shape index (κ3) is 5.45. The van der Waals surface area contributed by atoms with Crippen LogP contribution in [0.4, 0.5) is 5.13 Å². The van der Waals surface area contributed by atoms with Crippen LogP contribution in [0.25, 0.3) is 11.3 Å². The minimum Gasteiger partial charge on any atom is -0.497 e. The van der Waals surface area contributed by atoms with Crippen molar-refractivity contribution in [3.8, 4) is 22.8 Å². The van der Waals surface area contributed by atoms with E-state index in [4.69, 9.17) is 9.47 Å². The Balaban J connectivity index is 1.76. The molecule has 0 aliphatic heterocycles. The number of nitrogens with zero attached hydrogens (tertiary/aromatic N) is 1. The molecule has 0 fully saturated rings. The first kappa shape index (κ1) is 23.3. The largest absolute Gasteiger partial charge is 0.497 e. The minimum atomic E-state index is -0.746. The lowest BCUT2D eigenvalue weighted by Gasteiger charge is -2.21. The Hall–Kier alpha value is -3.39. The average Bonchev–Trinajstić information content (AvgIpc) is 3.16. The van der Waals surface area contributed by atoms with Gasteiger partial charge in [-0.05, 0) is 25.0 Å². The second-order valence-corrected chi connectivity index (χ2v) is 8.78. The zero-order valence-electron chi connectivity index (χ0n) is 18.8. The molecule has 0 spiro atoms. The number of methoxy groups -OCH3 is 2. The smallest absolute Gasteiger partial charge is 0.252 e. The summed E-state index contributed by atoms with van der Waals surface area (Å²) >= 11 is 1.40. The summed E-state index contributed by atoms with van der Waals surface area (Å²) in [7, 11) is 3.03. The van der Waals surface area contributed by atoms with E-state index in [0.717, 1.165) is 16.1 Å². The number of aryl methyl sites for hydroxylation is 1. The van der Waals surface area contributed by atoms with E-state index in [0.29, 0.717) is 22.2 Å². The first-order chi connectivity index (χ1) is 15.3. The molecule has 2 N–H and O–H groups in total. The molecule has 0 aliphatic rings. The predicted molar refractivity (Wildman–Crippen MR) is 127 cm³/mol. The molecule has 0 radical (unpaired) electrons. The van der Waals surface area contributed by atoms with Gasteiger partial charge >= 0.3 is 0 Å². The van der Waals surface area contributed by atoms with Crippen LogP contribution in [0.2, 0.25) is 0 Å². The van der Waals surface area contributed by atoms with E-state index in [1.807, 2.05) is 51.1 Å². The standard InChI is InChI=1S/C24H27N3O4S/c1-14(2)20(25-22(28)17-11-18(30-4)13-19(12-17)31-5)23(29)27-24-26-21(15(3)32-24)16-9-7-6-8-10-16/h6-14,20H,1-5H3,(H,25,28)(H,26,27,29)/t20-/m0/s1. The number of hydrogen-bond donors (Lipinski definition) is 2. The van der Waals surface area contributed by atoms with Crippen molar-refractivity contribution in [1.82, 2.24) is 10.3 Å². The van der Waals surface area contributed by atoms with Crippen molar-refractivity contribution < 1.29 is 19.1 Å². The molecule has 3 rings (SSSR count). The van der Waals surface area contributed by atoms with Gasteiger partial charge in [-0.3, -0.25) is 9.59 Å². The molecule has 0 saturated heterocycles. The maximum atomic E-state index is 13.0. The molecule has 0 bridgehead atoms. The van der Waals surface area contributed by atoms with Gasteiger partial charge in [-0.25, -0.2) is 4.98 Å². The summed E-state index contributed by atoms with van der Waals surface area (Å²) in [6.07, 6.45) is 0. The van der Waals surface area contributed by atoms with Gasteiger partial charge in [0.25, 0.3) is 5.91 Å². The number of aromatic nitrogens is 1. The first-order valence-corrected chi connectivity index (χ1v) is 11.0. The summed E-state index contributed by atoms with van der Waals surface area (Å²) in [5, 5.41) is 6.18. The molecule has 0 unspecified atom stereocenters. The molecule has 1 atom stereocenters. The highest BCUT2D eigenvalue weighted by Gasteiger charge is 2.26. The maximum absolute atomic E-state index is 13.0. The van der Waals surface area contributed by atoms with Gasteiger partial charge in [0.1, 0.15) is 17.5 Å². The molecule has 1 heterocycles. The molecule has 7 nitrogen and oxygen atoms in total. The van der Waals surface area contributed by atoms with Gasteiger partial charge in [0.2, 0.25) is 5.91 Å². The van der Waals surface area contributed by atoms with Crippen molar-refractivity contribution in [2.75, 3.05) is 19.5 Å². The van der Waals surface area contributed by atoms with Gasteiger partial charge in [0.15, 0.2) is 5.13 Å². The Morgan fingerprint density at radius 1 is 1.00 bits per heavy atom. The van der Waals surface area contributed by atoms with Crippen molar-refractivity contribution in [1.29, 1.82) is 0 Å². The van der Waals surface area contributed by atoms with Crippen molar-refractivity contribution >= 4 is 28.3 Å². The molecule has 8 heteroatoms. The van der Waals surface area contributed by atoms with E-state index in [1.165, 1.54) is 25.6 Å². The maximum Gasteiger partial charge on any atom is 0.252 e. The molecule has 2 aromatic carbocycles. The molecule has 3 aromatic rings. The Bertz CT molecular complexity index is 1070. The summed E-state index contributed by atoms with van der Waals surface area (Å²) < 4.78 is 10.5. The number of thiazole rings is 1. The van der Waals surface area contributed by atoms with Gasteiger partial charge in [-0.2, -0.15) is 0 Å². The summed E-state index contributed by atoms with van der Waals surface area (Å²) in [6, 6.07) is 13.9. The summed E-state index contributed by atoms with van der Waals surface area (Å²) in [6.45, 7) is 5.71. The van der Waals surface area contributed by atoms with Crippen LogP contribution in [0.15, 0.2) is 48.5 Å². The number of amides is 2. The van der Waals surface area contributed by atoms with Gasteiger partial charge < -0.3 is 20.1 Å². The SMILES string of the molecule is COc1cc(OC)cc(C(=O)N[C@H](C(=O)Nc2nc(-c3ccccc3)c(C)s2)C(C)C)c1. The van der Waals surface area contributed by atoms with Crippen molar-refractivity contribution in [3.63, 3.8) is 0 Å². The molecular formula is C24H27N3O4S. The monoisotopic (exact) mass is 453 g/mol. The fourth-order valence-electron chi connectivity index (χ4n) is 3.19. The Labute approximate surface area is 191 Å². The zero-order valence-corrected chi connectivity index (χ0v) is 19.6. The number of hydrogen-bond acceptors (Lipinski definition) is 6. The molecular weight excluding hydrogens is 426 g/mol. The first-order valence-electron chi connectivity index (χ1n) is 10.2. The lowest BCUT2D eigenvalue weighted by molar-refractivity contribution is -0.118. The van der Waals surface area contributed by atoms with Crippen LogP contribution < -0.4 is 20.1 Å². The van der Waals surface area contributed by atoms with E-state index < -0.39 is 11.9 Å². The van der Waals surface area contributed by atoms with Crippen molar-refractivity contribution in [3.05, 3.63) is 59.0 Å². The Kier molecular flexibility index (Phi) is 7.48. The van der Waals surface area contributed by atoms with Crippen LogP contribution >= 0.6 is 11.3 Å². The lowest BCUT2D eigenvalue weighted by Crippen LogP contribution is -2.47. The Morgan fingerprint density at radius 3 is 2.19 bits per heavy atom. The highest BCUT2D eigenvalue weighted by Crippen LogP contribution is 2.30. The molecule has 1 aromatic heterocycles. The Morgan fingerprint density at radius 2 is 1.62 bits per heavy atom. The fraction of sp³-hybridized carbons (Fsp3) is 0.292. The molecule has 0 saturated carbocycles. The number of ether oxygens (including phenoxy) is 2. The average molecular weight is 454 g/mol. The van der Waals surface area contributed by atoms with Crippen LogP contribution in [0.3, 0.4) is 0 Å². The molecule has 168 valence electrons. The number of carbonyl (C=O) groups is 2. The molecule has 2 amide bonds. The summed E-state index contributed by atoms with van der Waals surface area (Å²) in [5.74, 6) is 0.132. The minimum absolute atomic E-state index is 0.138. The number of carbonyl (C=O) groups excluding carboxylic acids is 2. The topological polar surface area (TPSA) is 89.5 Å². The van der Waals surface area contributed by atoms with Gasteiger partial charge in [0, 0.05) is 22.1 Å². The van der Waals surface area contributed by atoms with Crippen LogP contribution in [0.5, 0.6) is 11.5 Å². The van der Waals surface area contributed by atoms with Gasteiger partial charge in [-0.1, -0.05) is 44.2 Å². The zero-order chi connectivity index (χ0) is 23.3. The number of anilines is 1. The van der Waals surface area contributed by atoms with E-state index in [-0.39, 0.29) is 11.8 Å². The molecule has 0 aliphatic carbocycles. The highest BCUT2D eigenvalue weighted by molar-refractivity contribution is 7.16. The third-order valence-corrected chi connectivity index (χ3v) is 5.81. The van der Waals surface area contributed by atoms with Crippen LogP contribution in [-0.2, 0) is 4.79 Å². The van der Waals surface area contributed by atoms with E-state index in [2.05, 4.69) is 15.6 Å². The van der Waals surface area contributed by atoms with Crippen LogP contribution in [0, 0.1) is 12.8 Å². The van der Waals surface area contributed by atoms with E-state index >= 15 is 0 Å². The number of benzene rings is 2. The predicted octanol–water partition coefficient (Wildman–Crippen LogP) is 4.53. The van der Waals surface area contributed by atoms with Crippen molar-refractivity contribution in [2.45, 2.75) is 26.8 Å². The van der Waals surface area contributed by atoms with Gasteiger partial charge in [0.05, 0.1) is 19.9 Å². The van der Waals surface area contributed by atoms with Crippen molar-refractivity contribution in [2.24, 2.45) is 5.92 Å². The molecule has 32 heavy (non-hydrogen) atoms. The summed E-state index contributed by atoms with van der Waals surface area (Å²) in [5.41, 5.74) is 2.16. The van der Waals surface area contributed by atoms with E-state index in [1.54, 1.807) is 18.2 Å². The van der Waals surface area contributed by atoms with Crippen LogP contribution in [-0.4, -0.2) is 37.1 Å². The quantitative estimate of drug-likeness (QED) is 0.523. The number of nitrogens with one attached hydrogen (secondary N) is 2.